The van der Waals surface area contributed by atoms with Crippen molar-refractivity contribution in [1.29, 1.82) is 0 Å². The second-order valence-corrected chi connectivity index (χ2v) is 5.03. The second-order valence-electron chi connectivity index (χ2n) is 5.03. The largest absolute Gasteiger partial charge is 0.496 e. The van der Waals surface area contributed by atoms with Gasteiger partial charge < -0.3 is 9.84 Å². The Balaban J connectivity index is 2.00. The van der Waals surface area contributed by atoms with Gasteiger partial charge in [-0.2, -0.15) is 0 Å². The molecule has 0 aliphatic heterocycles. The topological polar surface area (TPSA) is 29.5 Å². The fraction of sp³-hybridized carbons (Fsp3) is 0.294. The van der Waals surface area contributed by atoms with Gasteiger partial charge in [0, 0.05) is 11.5 Å². The van der Waals surface area contributed by atoms with Gasteiger partial charge in [0.05, 0.1) is 13.2 Å². The van der Waals surface area contributed by atoms with Crippen molar-refractivity contribution in [2.75, 3.05) is 7.11 Å². The van der Waals surface area contributed by atoms with Gasteiger partial charge in [0.1, 0.15) is 5.75 Å². The van der Waals surface area contributed by atoms with E-state index in [0.29, 0.717) is 0 Å². The van der Waals surface area contributed by atoms with E-state index in [2.05, 4.69) is 12.1 Å². The number of rotatable bonds is 2. The molecular formula is C17H18O2. The molecule has 2 nitrogen and oxygen atoms in total. The first-order valence-corrected chi connectivity index (χ1v) is 6.70. The van der Waals surface area contributed by atoms with Gasteiger partial charge in [-0.1, -0.05) is 42.5 Å². The molecule has 3 rings (SSSR count). The second kappa shape index (κ2) is 5.06. The molecule has 0 heterocycles. The van der Waals surface area contributed by atoms with Crippen LogP contribution in [0.4, 0.5) is 0 Å². The van der Waals surface area contributed by atoms with Crippen LogP contribution < -0.4 is 4.74 Å². The van der Waals surface area contributed by atoms with Gasteiger partial charge in [-0.3, -0.25) is 0 Å². The molecular weight excluding hydrogens is 236 g/mol. The van der Waals surface area contributed by atoms with E-state index in [-0.39, 0.29) is 5.92 Å². The molecule has 0 saturated carbocycles. The summed E-state index contributed by atoms with van der Waals surface area (Å²) in [5, 5.41) is 10.6. The van der Waals surface area contributed by atoms with Crippen LogP contribution in [0.3, 0.4) is 0 Å². The van der Waals surface area contributed by atoms with Crippen LogP contribution in [-0.4, -0.2) is 12.2 Å². The molecule has 2 aromatic carbocycles. The number of aryl methyl sites for hydroxylation is 1. The minimum absolute atomic E-state index is 0.117. The van der Waals surface area contributed by atoms with Crippen LogP contribution in [0.2, 0.25) is 0 Å². The van der Waals surface area contributed by atoms with Gasteiger partial charge >= 0.3 is 0 Å². The molecule has 2 heteroatoms. The zero-order valence-electron chi connectivity index (χ0n) is 11.0. The molecule has 1 N–H and O–H groups in total. The van der Waals surface area contributed by atoms with Gasteiger partial charge in [-0.05, 0) is 30.0 Å². The average Bonchev–Trinajstić information content (AvgIpc) is 2.48. The summed E-state index contributed by atoms with van der Waals surface area (Å²) < 4.78 is 5.42. The van der Waals surface area contributed by atoms with E-state index >= 15 is 0 Å². The summed E-state index contributed by atoms with van der Waals surface area (Å²) in [5.74, 6) is 0.983. The zero-order valence-corrected chi connectivity index (χ0v) is 11.0. The molecule has 2 aromatic rings. The third-order valence-corrected chi connectivity index (χ3v) is 4.02. The Morgan fingerprint density at radius 1 is 1.00 bits per heavy atom. The van der Waals surface area contributed by atoms with Crippen LogP contribution in [0.5, 0.6) is 5.75 Å². The minimum Gasteiger partial charge on any atom is -0.496 e. The van der Waals surface area contributed by atoms with Crippen molar-refractivity contribution in [2.24, 2.45) is 0 Å². The third-order valence-electron chi connectivity index (χ3n) is 4.02. The Morgan fingerprint density at radius 2 is 1.68 bits per heavy atom. The Labute approximate surface area is 113 Å². The smallest absolute Gasteiger partial charge is 0.122 e. The Hall–Kier alpha value is -1.80. The lowest BCUT2D eigenvalue weighted by atomic mass is 9.78. The first-order valence-electron chi connectivity index (χ1n) is 6.70. The summed E-state index contributed by atoms with van der Waals surface area (Å²) in [6, 6.07) is 16.2. The summed E-state index contributed by atoms with van der Waals surface area (Å²) in [6.45, 7) is 0. The molecule has 0 amide bonds. The Bertz CT molecular complexity index is 577. The highest BCUT2D eigenvalue weighted by Gasteiger charge is 2.30. The summed E-state index contributed by atoms with van der Waals surface area (Å²) in [6.07, 6.45) is 1.52. The van der Waals surface area contributed by atoms with Crippen LogP contribution in [-0.2, 0) is 6.42 Å². The number of benzene rings is 2. The van der Waals surface area contributed by atoms with E-state index in [0.717, 1.165) is 29.7 Å². The van der Waals surface area contributed by atoms with Crippen molar-refractivity contribution in [3.8, 4) is 5.75 Å². The molecule has 2 atom stereocenters. The molecule has 19 heavy (non-hydrogen) atoms. The molecule has 1 aliphatic rings. The van der Waals surface area contributed by atoms with Crippen molar-refractivity contribution in [1.82, 2.24) is 0 Å². The van der Waals surface area contributed by atoms with Gasteiger partial charge in [0.15, 0.2) is 0 Å². The van der Waals surface area contributed by atoms with Crippen LogP contribution in [0.15, 0.2) is 48.5 Å². The highest BCUT2D eigenvalue weighted by Crippen LogP contribution is 2.43. The summed E-state index contributed by atoms with van der Waals surface area (Å²) in [4.78, 5) is 0. The number of aliphatic hydroxyl groups is 1. The number of hydrogen-bond acceptors (Lipinski definition) is 2. The van der Waals surface area contributed by atoms with E-state index < -0.39 is 6.10 Å². The summed E-state index contributed by atoms with van der Waals surface area (Å²) in [5.41, 5.74) is 3.43. The maximum atomic E-state index is 10.6. The van der Waals surface area contributed by atoms with Gasteiger partial charge in [-0.25, -0.2) is 0 Å². The van der Waals surface area contributed by atoms with Crippen LogP contribution >= 0.6 is 0 Å². The summed E-state index contributed by atoms with van der Waals surface area (Å²) >= 11 is 0. The normalized spacial score (nSPS) is 21.8. The van der Waals surface area contributed by atoms with Gasteiger partial charge in [-0.15, -0.1) is 0 Å². The first kappa shape index (κ1) is 12.2. The predicted molar refractivity (Wildman–Crippen MR) is 75.5 cm³/mol. The van der Waals surface area contributed by atoms with Crippen molar-refractivity contribution >= 4 is 0 Å². The third kappa shape index (κ3) is 2.13. The lowest BCUT2D eigenvalue weighted by molar-refractivity contribution is 0.130. The van der Waals surface area contributed by atoms with E-state index in [4.69, 9.17) is 4.74 Å². The average molecular weight is 254 g/mol. The monoisotopic (exact) mass is 254 g/mol. The number of fused-ring (bicyclic) bond motifs is 1. The molecule has 0 unspecified atom stereocenters. The van der Waals surface area contributed by atoms with Gasteiger partial charge in [0.2, 0.25) is 0 Å². The fourth-order valence-electron chi connectivity index (χ4n) is 3.03. The van der Waals surface area contributed by atoms with E-state index in [1.54, 1.807) is 7.11 Å². The quantitative estimate of drug-likeness (QED) is 0.889. The number of hydrogen-bond donors (Lipinski definition) is 1. The zero-order chi connectivity index (χ0) is 13.2. The van der Waals surface area contributed by atoms with E-state index in [1.807, 2.05) is 36.4 Å². The van der Waals surface area contributed by atoms with Gasteiger partial charge in [0.25, 0.3) is 0 Å². The highest BCUT2D eigenvalue weighted by atomic mass is 16.5. The number of para-hydroxylation sites is 1. The standard InChI is InChI=1S/C17H18O2/c1-19-16-9-5-4-8-14(16)15-11-10-12-6-2-3-7-13(12)17(15)18/h2-9,15,17-18H,10-11H2,1H3/t15-,17-/m1/s1. The van der Waals surface area contributed by atoms with Crippen molar-refractivity contribution in [3.05, 3.63) is 65.2 Å². The lowest BCUT2D eigenvalue weighted by Crippen LogP contribution is -2.19. The maximum Gasteiger partial charge on any atom is 0.122 e. The molecule has 0 saturated heterocycles. The fourth-order valence-corrected chi connectivity index (χ4v) is 3.03. The molecule has 0 bridgehead atoms. The van der Waals surface area contributed by atoms with Crippen LogP contribution in [0.25, 0.3) is 0 Å². The molecule has 0 fully saturated rings. The Morgan fingerprint density at radius 3 is 2.47 bits per heavy atom. The van der Waals surface area contributed by atoms with Crippen molar-refractivity contribution < 1.29 is 9.84 Å². The van der Waals surface area contributed by atoms with E-state index in [1.165, 1.54) is 5.56 Å². The first-order chi connectivity index (χ1) is 9.31. The molecule has 0 radical (unpaired) electrons. The predicted octanol–water partition coefficient (Wildman–Crippen LogP) is 3.46. The van der Waals surface area contributed by atoms with E-state index in [9.17, 15) is 5.11 Å². The number of ether oxygens (including phenoxy) is 1. The minimum atomic E-state index is -0.443. The molecule has 1 aliphatic carbocycles. The van der Waals surface area contributed by atoms with Crippen molar-refractivity contribution in [3.63, 3.8) is 0 Å². The Kier molecular flexibility index (Phi) is 3.26. The maximum absolute atomic E-state index is 10.6. The van der Waals surface area contributed by atoms with Crippen molar-refractivity contribution in [2.45, 2.75) is 24.9 Å². The lowest BCUT2D eigenvalue weighted by Gasteiger charge is -2.31. The summed E-state index contributed by atoms with van der Waals surface area (Å²) in [7, 11) is 1.68. The molecule has 0 aromatic heterocycles. The van der Waals surface area contributed by atoms with Crippen LogP contribution in [0, 0.1) is 0 Å². The molecule has 0 spiro atoms. The van der Waals surface area contributed by atoms with Crippen LogP contribution in [0.1, 0.15) is 35.1 Å². The molecule has 98 valence electrons. The highest BCUT2D eigenvalue weighted by molar-refractivity contribution is 5.41. The number of aliphatic hydroxyl groups excluding tert-OH is 1. The SMILES string of the molecule is COc1ccccc1[C@H]1CCc2ccccc2[C@H]1O. The number of methoxy groups -OCH3 is 1.